The molecule has 0 heterocycles. The van der Waals surface area contributed by atoms with Gasteiger partial charge in [-0.25, -0.2) is 4.39 Å². The average Bonchev–Trinajstić information content (AvgIpc) is 2.73. The van der Waals surface area contributed by atoms with Crippen molar-refractivity contribution in [2.45, 2.75) is 44.6 Å². The fraction of sp³-hybridized carbons (Fsp3) is 0.364. The lowest BCUT2D eigenvalue weighted by molar-refractivity contribution is -0.125. The van der Waals surface area contributed by atoms with Crippen LogP contribution in [-0.4, -0.2) is 35.8 Å². The molecule has 168 valence electrons. The van der Waals surface area contributed by atoms with Gasteiger partial charge >= 0.3 is 0 Å². The van der Waals surface area contributed by atoms with Gasteiger partial charge in [0.1, 0.15) is 11.9 Å². The third kappa shape index (κ3) is 8.06. The van der Waals surface area contributed by atoms with Crippen molar-refractivity contribution in [3.63, 3.8) is 0 Å². The molecule has 0 saturated carbocycles. The lowest BCUT2D eigenvalue weighted by Gasteiger charge is -2.22. The van der Waals surface area contributed by atoms with Crippen LogP contribution >= 0.6 is 0 Å². The number of carbonyl (C=O) groups is 1. The molecule has 3 unspecified atom stereocenters. The van der Waals surface area contributed by atoms with Crippen LogP contribution in [0, 0.1) is 12.7 Å². The first-order chi connectivity index (χ1) is 14.8. The Morgan fingerprint density at radius 1 is 1.16 bits per heavy atom. The van der Waals surface area contributed by atoms with Crippen LogP contribution in [0.5, 0.6) is 0 Å². The van der Waals surface area contributed by atoms with Gasteiger partial charge in [0.15, 0.2) is 0 Å². The molecule has 31 heavy (non-hydrogen) atoms. The van der Waals surface area contributed by atoms with Crippen LogP contribution in [0.3, 0.4) is 0 Å². The van der Waals surface area contributed by atoms with Crippen molar-refractivity contribution in [1.29, 1.82) is 0 Å². The van der Waals surface area contributed by atoms with Crippen molar-refractivity contribution < 1.29 is 14.3 Å². The highest BCUT2D eigenvalue weighted by atomic mass is 19.1. The molecule has 9 heteroatoms. The number of hydrogen-bond donors (Lipinski definition) is 6. The summed E-state index contributed by atoms with van der Waals surface area (Å²) < 4.78 is 13.1. The fourth-order valence-electron chi connectivity index (χ4n) is 2.93. The van der Waals surface area contributed by atoms with E-state index in [0.717, 1.165) is 16.7 Å². The predicted molar refractivity (Wildman–Crippen MR) is 119 cm³/mol. The molecule has 0 aromatic heterocycles. The number of aliphatic hydroxyl groups excluding tert-OH is 1. The van der Waals surface area contributed by atoms with Crippen molar-refractivity contribution in [3.05, 3.63) is 71.0 Å². The van der Waals surface area contributed by atoms with Crippen LogP contribution in [0.1, 0.15) is 35.6 Å². The van der Waals surface area contributed by atoms with E-state index < -0.39 is 24.2 Å². The second-order valence-corrected chi connectivity index (χ2v) is 7.32. The topological polar surface area (TPSA) is 152 Å². The highest BCUT2D eigenvalue weighted by molar-refractivity contribution is 5.95. The molecule has 2 rings (SSSR count). The van der Waals surface area contributed by atoms with Crippen molar-refractivity contribution in [2.24, 2.45) is 22.2 Å². The third-order valence-electron chi connectivity index (χ3n) is 4.78. The van der Waals surface area contributed by atoms with Crippen LogP contribution in [0.2, 0.25) is 0 Å². The minimum atomic E-state index is -1.29. The van der Waals surface area contributed by atoms with Gasteiger partial charge in [-0.2, -0.15) is 4.99 Å². The number of aliphatic hydroxyl groups is 1. The van der Waals surface area contributed by atoms with E-state index in [4.69, 9.17) is 17.2 Å². The Hall–Kier alpha value is -2.85. The molecule has 0 aliphatic heterocycles. The summed E-state index contributed by atoms with van der Waals surface area (Å²) in [6, 6.07) is 13.2. The molecule has 9 N–H and O–H groups in total. The fourth-order valence-corrected chi connectivity index (χ4v) is 2.93. The van der Waals surface area contributed by atoms with E-state index in [0.29, 0.717) is 13.0 Å². The first kappa shape index (κ1) is 24.4. The first-order valence-corrected chi connectivity index (χ1v) is 10.1. The van der Waals surface area contributed by atoms with E-state index in [-0.39, 0.29) is 24.7 Å². The monoisotopic (exact) mass is 430 g/mol. The summed E-state index contributed by atoms with van der Waals surface area (Å²) in [5.41, 5.74) is 20.6. The average molecular weight is 431 g/mol. The summed E-state index contributed by atoms with van der Waals surface area (Å²) in [5.74, 6) is -0.939. The maximum atomic E-state index is 13.1. The summed E-state index contributed by atoms with van der Waals surface area (Å²) in [7, 11) is 0. The normalized spacial score (nSPS) is 14.6. The maximum Gasteiger partial charge on any atom is 0.277 e. The molecule has 3 atom stereocenters. The molecule has 8 nitrogen and oxygen atoms in total. The number of aliphatic imine (C=N–C) groups is 1. The summed E-state index contributed by atoms with van der Waals surface area (Å²) in [5, 5.41) is 15.9. The summed E-state index contributed by atoms with van der Waals surface area (Å²) >= 11 is 0. The van der Waals surface area contributed by atoms with E-state index in [1.165, 1.54) is 12.1 Å². The van der Waals surface area contributed by atoms with Crippen LogP contribution in [-0.2, 0) is 11.3 Å². The number of rotatable bonds is 9. The summed E-state index contributed by atoms with van der Waals surface area (Å²) in [6.07, 6.45) is -1.53. The van der Waals surface area contributed by atoms with Crippen molar-refractivity contribution in [3.8, 4) is 0 Å². The number of nitrogens with one attached hydrogen (secondary N) is 2. The number of nitrogens with two attached hydrogens (primary N) is 3. The van der Waals surface area contributed by atoms with Gasteiger partial charge in [0.25, 0.3) is 5.91 Å². The van der Waals surface area contributed by atoms with Crippen LogP contribution < -0.4 is 27.8 Å². The molecule has 0 bridgehead atoms. The molecule has 0 aliphatic carbocycles. The largest absolute Gasteiger partial charge is 0.383 e. The second kappa shape index (κ2) is 12.1. The van der Waals surface area contributed by atoms with E-state index in [1.54, 1.807) is 12.1 Å². The van der Waals surface area contributed by atoms with E-state index >= 15 is 0 Å². The summed E-state index contributed by atoms with van der Waals surface area (Å²) in [6.45, 7) is 2.54. The lowest BCUT2D eigenvalue weighted by atomic mass is 10.0. The van der Waals surface area contributed by atoms with Crippen LogP contribution in [0.15, 0.2) is 53.5 Å². The zero-order valence-corrected chi connectivity index (χ0v) is 17.6. The molecule has 0 aliphatic rings. The zero-order valence-electron chi connectivity index (χ0n) is 17.6. The van der Waals surface area contributed by atoms with Crippen molar-refractivity contribution >= 4 is 11.9 Å². The molecule has 2 aromatic carbocycles. The van der Waals surface area contributed by atoms with Gasteiger partial charge in [0.2, 0.25) is 5.96 Å². The molecule has 0 radical (unpaired) electrons. The Bertz CT molecular complexity index is 875. The Labute approximate surface area is 181 Å². The number of halogens is 1. The Balaban J connectivity index is 2.08. The standard InChI is InChI=1S/C22H31FN6O2/c1-14-4-2-3-5-16(14)13-27-22(29-21(31)19(30)10-11-24)28-20(26)12-18(25)15-6-8-17(23)9-7-15/h2-9,18-20,30H,10-13,24-26H2,1H3,(H2,27,28,29,31). The second-order valence-electron chi connectivity index (χ2n) is 7.32. The predicted octanol–water partition coefficient (Wildman–Crippen LogP) is 0.781. The smallest absolute Gasteiger partial charge is 0.277 e. The van der Waals surface area contributed by atoms with Crippen LogP contribution in [0.4, 0.5) is 4.39 Å². The highest BCUT2D eigenvalue weighted by Gasteiger charge is 2.17. The number of benzene rings is 2. The van der Waals surface area contributed by atoms with Crippen LogP contribution in [0.25, 0.3) is 0 Å². The maximum absolute atomic E-state index is 13.1. The minimum absolute atomic E-state index is 0.106. The number of nitrogens with zero attached hydrogens (tertiary/aromatic N) is 1. The molecule has 0 saturated heterocycles. The molecular formula is C22H31FN6O2. The summed E-state index contributed by atoms with van der Waals surface area (Å²) in [4.78, 5) is 16.2. The Morgan fingerprint density at radius 2 is 1.84 bits per heavy atom. The van der Waals surface area contributed by atoms with Gasteiger partial charge in [-0.15, -0.1) is 0 Å². The number of aryl methyl sites for hydroxylation is 1. The van der Waals surface area contributed by atoms with Gasteiger partial charge in [0, 0.05) is 12.6 Å². The number of guanidine groups is 1. The number of hydrogen-bond acceptors (Lipinski definition) is 5. The van der Waals surface area contributed by atoms with E-state index in [1.807, 2.05) is 31.2 Å². The zero-order chi connectivity index (χ0) is 22.8. The van der Waals surface area contributed by atoms with Crippen molar-refractivity contribution in [1.82, 2.24) is 10.6 Å². The van der Waals surface area contributed by atoms with Gasteiger partial charge in [0.05, 0.1) is 6.17 Å². The third-order valence-corrected chi connectivity index (χ3v) is 4.78. The van der Waals surface area contributed by atoms with E-state index in [2.05, 4.69) is 15.6 Å². The molecule has 0 fully saturated rings. The lowest BCUT2D eigenvalue weighted by Crippen LogP contribution is -2.49. The Morgan fingerprint density at radius 3 is 2.48 bits per heavy atom. The molecule has 2 aromatic rings. The number of carbonyl (C=O) groups excluding carboxylic acids is 1. The van der Waals surface area contributed by atoms with Crippen molar-refractivity contribution in [2.75, 3.05) is 6.54 Å². The quantitative estimate of drug-likeness (QED) is 0.195. The number of amides is 1. The molecule has 1 amide bonds. The first-order valence-electron chi connectivity index (χ1n) is 10.1. The van der Waals surface area contributed by atoms with E-state index in [9.17, 15) is 14.3 Å². The molecular weight excluding hydrogens is 399 g/mol. The highest BCUT2D eigenvalue weighted by Crippen LogP contribution is 2.15. The Kier molecular flexibility index (Phi) is 9.54. The van der Waals surface area contributed by atoms with Gasteiger partial charge < -0.3 is 32.9 Å². The minimum Gasteiger partial charge on any atom is -0.383 e. The van der Waals surface area contributed by atoms with Gasteiger partial charge in [-0.1, -0.05) is 36.4 Å². The molecule has 0 spiro atoms. The van der Waals surface area contributed by atoms with Gasteiger partial charge in [-0.05, 0) is 55.1 Å². The SMILES string of the molecule is Cc1ccccc1CN/C(=N/C(=O)C(O)CCN)NC(N)CC(N)c1ccc(F)cc1. The van der Waals surface area contributed by atoms with Gasteiger partial charge in [-0.3, -0.25) is 4.79 Å².